The largest absolute Gasteiger partial charge is 0.489 e. The van der Waals surface area contributed by atoms with Gasteiger partial charge in [0, 0.05) is 5.88 Å². The first kappa shape index (κ1) is 12.5. The van der Waals surface area contributed by atoms with Crippen LogP contribution in [-0.2, 0) is 12.5 Å². The molecule has 0 saturated carbocycles. The summed E-state index contributed by atoms with van der Waals surface area (Å²) in [6.07, 6.45) is 0. The lowest BCUT2D eigenvalue weighted by Gasteiger charge is -2.08. The van der Waals surface area contributed by atoms with Gasteiger partial charge < -0.3 is 4.74 Å². The Morgan fingerprint density at radius 3 is 2.50 bits per heavy atom. The first-order valence-electron chi connectivity index (χ1n) is 5.58. The zero-order valence-electron chi connectivity index (χ0n) is 9.77. The molecule has 2 aromatic carbocycles. The van der Waals surface area contributed by atoms with Crippen molar-refractivity contribution >= 4 is 11.6 Å². The number of nitrogens with zero attached hydrogens (tertiary/aromatic N) is 1. The van der Waals surface area contributed by atoms with E-state index in [4.69, 9.17) is 21.6 Å². The van der Waals surface area contributed by atoms with E-state index >= 15 is 0 Å². The maximum absolute atomic E-state index is 8.92. The number of rotatable bonds is 4. The Labute approximate surface area is 111 Å². The molecule has 0 amide bonds. The summed E-state index contributed by atoms with van der Waals surface area (Å²) in [4.78, 5) is 0. The van der Waals surface area contributed by atoms with Gasteiger partial charge in [0.2, 0.25) is 0 Å². The van der Waals surface area contributed by atoms with E-state index in [2.05, 4.69) is 6.07 Å². The van der Waals surface area contributed by atoms with E-state index in [0.717, 1.165) is 11.1 Å². The van der Waals surface area contributed by atoms with E-state index in [9.17, 15) is 0 Å². The van der Waals surface area contributed by atoms with Crippen molar-refractivity contribution in [2.24, 2.45) is 0 Å². The summed E-state index contributed by atoms with van der Waals surface area (Å²) in [6, 6.07) is 17.3. The van der Waals surface area contributed by atoms with Crippen molar-refractivity contribution in [1.82, 2.24) is 0 Å². The Morgan fingerprint density at radius 2 is 1.83 bits per heavy atom. The van der Waals surface area contributed by atoms with Gasteiger partial charge in [-0.05, 0) is 29.3 Å². The molecule has 0 bridgehead atoms. The second kappa shape index (κ2) is 6.09. The van der Waals surface area contributed by atoms with Gasteiger partial charge in [-0.1, -0.05) is 30.3 Å². The summed E-state index contributed by atoms with van der Waals surface area (Å²) in [6.45, 7) is 0.484. The molecule has 0 atom stereocenters. The Hall–Kier alpha value is -1.98. The highest BCUT2D eigenvalue weighted by Crippen LogP contribution is 2.19. The molecule has 0 unspecified atom stereocenters. The summed E-state index contributed by atoms with van der Waals surface area (Å²) in [5.74, 6) is 1.05. The molecule has 0 aliphatic rings. The molecule has 0 fully saturated rings. The first-order valence-corrected chi connectivity index (χ1v) is 6.12. The second-order valence-electron chi connectivity index (χ2n) is 3.89. The minimum Gasteiger partial charge on any atom is -0.489 e. The average Bonchev–Trinajstić information content (AvgIpc) is 2.45. The first-order chi connectivity index (χ1) is 8.81. The molecule has 0 saturated heterocycles. The van der Waals surface area contributed by atoms with Gasteiger partial charge in [-0.2, -0.15) is 5.26 Å². The van der Waals surface area contributed by atoms with Crippen LogP contribution in [0.1, 0.15) is 16.7 Å². The standard InChI is InChI=1S/C15H12ClNO/c16-9-13-6-14(10-17)8-15(7-13)18-11-12-4-2-1-3-5-12/h1-8H,9,11H2. The monoisotopic (exact) mass is 257 g/mol. The summed E-state index contributed by atoms with van der Waals surface area (Å²) in [5.41, 5.74) is 2.54. The second-order valence-corrected chi connectivity index (χ2v) is 4.15. The van der Waals surface area contributed by atoms with E-state index in [1.807, 2.05) is 36.4 Å². The lowest BCUT2D eigenvalue weighted by Crippen LogP contribution is -1.96. The lowest BCUT2D eigenvalue weighted by molar-refractivity contribution is 0.306. The highest BCUT2D eigenvalue weighted by Gasteiger charge is 2.02. The lowest BCUT2D eigenvalue weighted by atomic mass is 10.1. The number of hydrogen-bond donors (Lipinski definition) is 0. The van der Waals surface area contributed by atoms with Crippen molar-refractivity contribution in [1.29, 1.82) is 5.26 Å². The molecule has 2 aromatic rings. The van der Waals surface area contributed by atoms with Crippen LogP contribution in [0.25, 0.3) is 0 Å². The van der Waals surface area contributed by atoms with Gasteiger partial charge in [-0.15, -0.1) is 11.6 Å². The predicted octanol–water partition coefficient (Wildman–Crippen LogP) is 3.88. The third-order valence-electron chi connectivity index (χ3n) is 2.50. The van der Waals surface area contributed by atoms with Crippen LogP contribution in [0.5, 0.6) is 5.75 Å². The van der Waals surface area contributed by atoms with E-state index < -0.39 is 0 Å². The number of halogens is 1. The van der Waals surface area contributed by atoms with Crippen molar-refractivity contribution < 1.29 is 4.74 Å². The van der Waals surface area contributed by atoms with E-state index in [1.54, 1.807) is 12.1 Å². The molecule has 0 heterocycles. The summed E-state index contributed by atoms with van der Waals surface area (Å²) in [5, 5.41) is 8.92. The van der Waals surface area contributed by atoms with E-state index in [-0.39, 0.29) is 0 Å². The topological polar surface area (TPSA) is 33.0 Å². The summed E-state index contributed by atoms with van der Waals surface area (Å²) in [7, 11) is 0. The fourth-order valence-electron chi connectivity index (χ4n) is 1.63. The molecule has 18 heavy (non-hydrogen) atoms. The maximum Gasteiger partial charge on any atom is 0.121 e. The average molecular weight is 258 g/mol. The van der Waals surface area contributed by atoms with Gasteiger partial charge in [0.25, 0.3) is 0 Å². The molecule has 2 rings (SSSR count). The van der Waals surface area contributed by atoms with E-state index in [1.165, 1.54) is 0 Å². The molecule has 0 N–H and O–H groups in total. The molecular formula is C15H12ClNO. The van der Waals surface area contributed by atoms with Crippen LogP contribution in [0, 0.1) is 11.3 Å². The zero-order chi connectivity index (χ0) is 12.8. The Bertz CT molecular complexity index is 560. The normalized spacial score (nSPS) is 9.78. The van der Waals surface area contributed by atoms with Gasteiger partial charge >= 0.3 is 0 Å². The fourth-order valence-corrected chi connectivity index (χ4v) is 1.78. The van der Waals surface area contributed by atoms with Gasteiger partial charge in [-0.3, -0.25) is 0 Å². The maximum atomic E-state index is 8.92. The van der Waals surface area contributed by atoms with Gasteiger partial charge in [0.05, 0.1) is 11.6 Å². The number of ether oxygens (including phenoxy) is 1. The van der Waals surface area contributed by atoms with Crippen LogP contribution >= 0.6 is 11.6 Å². The number of benzene rings is 2. The predicted molar refractivity (Wildman–Crippen MR) is 71.5 cm³/mol. The third-order valence-corrected chi connectivity index (χ3v) is 2.81. The number of nitriles is 1. The molecule has 0 aliphatic carbocycles. The van der Waals surface area contributed by atoms with Crippen molar-refractivity contribution in [3.63, 3.8) is 0 Å². The van der Waals surface area contributed by atoms with Crippen molar-refractivity contribution in [3.05, 3.63) is 65.2 Å². The smallest absolute Gasteiger partial charge is 0.121 e. The Balaban J connectivity index is 2.12. The van der Waals surface area contributed by atoms with Crippen LogP contribution in [0.4, 0.5) is 0 Å². The molecule has 3 heteroatoms. The van der Waals surface area contributed by atoms with Crippen LogP contribution in [0.2, 0.25) is 0 Å². The van der Waals surface area contributed by atoms with Gasteiger partial charge in [0.15, 0.2) is 0 Å². The van der Waals surface area contributed by atoms with Crippen LogP contribution < -0.4 is 4.74 Å². The number of alkyl halides is 1. The minimum absolute atomic E-state index is 0.372. The minimum atomic E-state index is 0.372. The molecule has 0 spiro atoms. The van der Waals surface area contributed by atoms with Crippen molar-refractivity contribution in [2.45, 2.75) is 12.5 Å². The van der Waals surface area contributed by atoms with Gasteiger partial charge in [0.1, 0.15) is 12.4 Å². The van der Waals surface area contributed by atoms with Gasteiger partial charge in [-0.25, -0.2) is 0 Å². The molecule has 0 radical (unpaired) electrons. The van der Waals surface area contributed by atoms with Crippen LogP contribution in [0.15, 0.2) is 48.5 Å². The Morgan fingerprint density at radius 1 is 1.06 bits per heavy atom. The Kier molecular flexibility index (Phi) is 4.22. The molecule has 0 aliphatic heterocycles. The van der Waals surface area contributed by atoms with Crippen molar-refractivity contribution in [2.75, 3.05) is 0 Å². The highest BCUT2D eigenvalue weighted by molar-refractivity contribution is 6.17. The molecule has 2 nitrogen and oxygen atoms in total. The third kappa shape index (κ3) is 3.26. The van der Waals surface area contributed by atoms with Crippen molar-refractivity contribution in [3.8, 4) is 11.8 Å². The molecular weight excluding hydrogens is 246 g/mol. The zero-order valence-corrected chi connectivity index (χ0v) is 10.5. The summed E-state index contributed by atoms with van der Waals surface area (Å²) >= 11 is 5.78. The quantitative estimate of drug-likeness (QED) is 0.779. The number of hydrogen-bond acceptors (Lipinski definition) is 2. The molecule has 90 valence electrons. The highest BCUT2D eigenvalue weighted by atomic mass is 35.5. The fraction of sp³-hybridized carbons (Fsp3) is 0.133. The SMILES string of the molecule is N#Cc1cc(CCl)cc(OCc2ccccc2)c1. The summed E-state index contributed by atoms with van der Waals surface area (Å²) < 4.78 is 5.67. The van der Waals surface area contributed by atoms with Crippen LogP contribution in [-0.4, -0.2) is 0 Å². The van der Waals surface area contributed by atoms with Crippen LogP contribution in [0.3, 0.4) is 0 Å². The molecule has 0 aromatic heterocycles. The van der Waals surface area contributed by atoms with E-state index in [0.29, 0.717) is 23.8 Å².